The van der Waals surface area contributed by atoms with E-state index in [2.05, 4.69) is 35.8 Å². The molecule has 0 bridgehead atoms. The number of guanidine groups is 1. The van der Waals surface area contributed by atoms with Gasteiger partial charge in [0.25, 0.3) is 0 Å². The molecule has 0 aromatic heterocycles. The SMILES string of the molecule is CCNC(=NCc1ccc(C)cc1OCC1CCOC1)NCCC(=O)N1CCCC1.I. The molecule has 0 radical (unpaired) electrons. The van der Waals surface area contributed by atoms with E-state index in [1.54, 1.807) is 0 Å². The molecule has 2 aliphatic heterocycles. The minimum Gasteiger partial charge on any atom is -0.493 e. The first-order valence-electron chi connectivity index (χ1n) is 11.3. The number of aryl methyl sites for hydroxylation is 1. The molecule has 1 aromatic rings. The molecule has 1 unspecified atom stereocenters. The number of benzene rings is 1. The molecule has 174 valence electrons. The van der Waals surface area contributed by atoms with Gasteiger partial charge in [0.15, 0.2) is 5.96 Å². The molecular formula is C23H37IN4O3. The van der Waals surface area contributed by atoms with E-state index in [1.807, 2.05) is 11.8 Å². The summed E-state index contributed by atoms with van der Waals surface area (Å²) in [5, 5.41) is 6.55. The summed E-state index contributed by atoms with van der Waals surface area (Å²) in [4.78, 5) is 18.9. The predicted octanol–water partition coefficient (Wildman–Crippen LogP) is 3.10. The Balaban J connectivity index is 0.00000341. The highest BCUT2D eigenvalue weighted by molar-refractivity contribution is 14.0. The van der Waals surface area contributed by atoms with Crippen molar-refractivity contribution >= 4 is 35.8 Å². The molecule has 0 aliphatic carbocycles. The molecule has 2 N–H and O–H groups in total. The molecule has 0 saturated carbocycles. The van der Waals surface area contributed by atoms with Crippen molar-refractivity contribution < 1.29 is 14.3 Å². The van der Waals surface area contributed by atoms with E-state index in [0.29, 0.717) is 32.0 Å². The van der Waals surface area contributed by atoms with Gasteiger partial charge in [-0.25, -0.2) is 4.99 Å². The van der Waals surface area contributed by atoms with Crippen LogP contribution in [0.3, 0.4) is 0 Å². The second kappa shape index (κ2) is 13.8. The Morgan fingerprint density at radius 2 is 2.10 bits per heavy atom. The molecular weight excluding hydrogens is 507 g/mol. The standard InChI is InChI=1S/C23H36N4O3.HI/c1-3-24-23(25-10-8-22(28)27-11-4-5-12-27)26-15-20-7-6-18(2)14-21(20)30-17-19-9-13-29-16-19;/h6-7,14,19H,3-5,8-13,15-17H2,1-2H3,(H2,24,25,26);1H. The third-order valence-corrected chi connectivity index (χ3v) is 5.56. The van der Waals surface area contributed by atoms with Gasteiger partial charge in [-0.05, 0) is 44.7 Å². The van der Waals surface area contributed by atoms with Crippen molar-refractivity contribution in [3.8, 4) is 5.75 Å². The summed E-state index contributed by atoms with van der Waals surface area (Å²) in [5.41, 5.74) is 2.23. The molecule has 1 amide bonds. The van der Waals surface area contributed by atoms with E-state index in [0.717, 1.165) is 69.4 Å². The van der Waals surface area contributed by atoms with Gasteiger partial charge in [0, 0.05) is 50.7 Å². The molecule has 1 aromatic carbocycles. The van der Waals surface area contributed by atoms with Gasteiger partial charge in [0.05, 0.1) is 19.8 Å². The second-order valence-corrected chi connectivity index (χ2v) is 8.11. The molecule has 8 heteroatoms. The lowest BCUT2D eigenvalue weighted by atomic mass is 10.1. The fourth-order valence-corrected chi connectivity index (χ4v) is 3.77. The van der Waals surface area contributed by atoms with Crippen LogP contribution >= 0.6 is 24.0 Å². The van der Waals surface area contributed by atoms with Crippen molar-refractivity contribution in [2.75, 3.05) is 46.0 Å². The Bertz CT molecular complexity index is 717. The molecule has 7 nitrogen and oxygen atoms in total. The van der Waals surface area contributed by atoms with E-state index in [4.69, 9.17) is 14.5 Å². The maximum atomic E-state index is 12.2. The Hall–Kier alpha value is -1.55. The third-order valence-electron chi connectivity index (χ3n) is 5.56. The zero-order chi connectivity index (χ0) is 21.2. The first-order chi connectivity index (χ1) is 14.7. The van der Waals surface area contributed by atoms with Crippen LogP contribution in [-0.4, -0.2) is 62.8 Å². The third kappa shape index (κ3) is 8.48. The maximum absolute atomic E-state index is 12.2. The van der Waals surface area contributed by atoms with Crippen molar-refractivity contribution in [2.24, 2.45) is 10.9 Å². The van der Waals surface area contributed by atoms with Gasteiger partial charge < -0.3 is 25.0 Å². The number of hydrogen-bond donors (Lipinski definition) is 2. The van der Waals surface area contributed by atoms with Crippen LogP contribution in [0, 0.1) is 12.8 Å². The molecule has 2 saturated heterocycles. The first-order valence-corrected chi connectivity index (χ1v) is 11.3. The molecule has 3 rings (SSSR count). The van der Waals surface area contributed by atoms with Gasteiger partial charge in [-0.3, -0.25) is 4.79 Å². The van der Waals surface area contributed by atoms with Crippen LogP contribution < -0.4 is 15.4 Å². The summed E-state index contributed by atoms with van der Waals surface area (Å²) >= 11 is 0. The van der Waals surface area contributed by atoms with E-state index in [9.17, 15) is 4.79 Å². The van der Waals surface area contributed by atoms with E-state index < -0.39 is 0 Å². The number of ether oxygens (including phenoxy) is 2. The van der Waals surface area contributed by atoms with Crippen molar-refractivity contribution in [2.45, 2.75) is 46.1 Å². The van der Waals surface area contributed by atoms with Crippen LogP contribution in [0.15, 0.2) is 23.2 Å². The fourth-order valence-electron chi connectivity index (χ4n) is 3.77. The normalized spacial score (nSPS) is 18.6. The fraction of sp³-hybridized carbons (Fsp3) is 0.652. The lowest BCUT2D eigenvalue weighted by Gasteiger charge is -2.17. The number of carbonyl (C=O) groups excluding carboxylic acids is 1. The van der Waals surface area contributed by atoms with Crippen LogP contribution in [0.4, 0.5) is 0 Å². The summed E-state index contributed by atoms with van der Waals surface area (Å²) in [6.45, 7) is 10.1. The Kier molecular flexibility index (Phi) is 11.4. The van der Waals surface area contributed by atoms with Crippen LogP contribution in [0.2, 0.25) is 0 Å². The number of halogens is 1. The van der Waals surface area contributed by atoms with Crippen molar-refractivity contribution in [3.63, 3.8) is 0 Å². The number of nitrogens with zero attached hydrogens (tertiary/aromatic N) is 2. The van der Waals surface area contributed by atoms with E-state index >= 15 is 0 Å². The van der Waals surface area contributed by atoms with Gasteiger partial charge in [-0.15, -0.1) is 24.0 Å². The number of rotatable bonds is 9. The van der Waals surface area contributed by atoms with Crippen LogP contribution in [0.25, 0.3) is 0 Å². The summed E-state index contributed by atoms with van der Waals surface area (Å²) in [7, 11) is 0. The minimum atomic E-state index is 0. The number of likely N-dealkylation sites (tertiary alicyclic amines) is 1. The second-order valence-electron chi connectivity index (χ2n) is 8.11. The summed E-state index contributed by atoms with van der Waals surface area (Å²) < 4.78 is 11.6. The molecule has 2 aliphatic rings. The summed E-state index contributed by atoms with van der Waals surface area (Å²) in [6, 6.07) is 6.25. The monoisotopic (exact) mass is 544 g/mol. The first kappa shape index (κ1) is 25.7. The van der Waals surface area contributed by atoms with Gasteiger partial charge in [0.2, 0.25) is 5.91 Å². The quantitative estimate of drug-likeness (QED) is 0.284. The lowest BCUT2D eigenvalue weighted by Crippen LogP contribution is -2.39. The molecule has 2 heterocycles. The summed E-state index contributed by atoms with van der Waals surface area (Å²) in [5.74, 6) is 2.31. The highest BCUT2D eigenvalue weighted by Gasteiger charge is 2.18. The number of hydrogen-bond acceptors (Lipinski definition) is 4. The Morgan fingerprint density at radius 3 is 2.81 bits per heavy atom. The maximum Gasteiger partial charge on any atom is 0.224 e. The van der Waals surface area contributed by atoms with Gasteiger partial charge in [-0.1, -0.05) is 12.1 Å². The number of carbonyl (C=O) groups is 1. The highest BCUT2D eigenvalue weighted by Crippen LogP contribution is 2.23. The number of amides is 1. The zero-order valence-electron chi connectivity index (χ0n) is 18.8. The van der Waals surface area contributed by atoms with Crippen LogP contribution in [0.1, 0.15) is 43.7 Å². The smallest absolute Gasteiger partial charge is 0.224 e. The van der Waals surface area contributed by atoms with Crippen LogP contribution in [-0.2, 0) is 16.1 Å². The van der Waals surface area contributed by atoms with Gasteiger partial charge in [-0.2, -0.15) is 0 Å². The predicted molar refractivity (Wildman–Crippen MR) is 134 cm³/mol. The van der Waals surface area contributed by atoms with E-state index in [1.165, 1.54) is 5.56 Å². The van der Waals surface area contributed by atoms with Gasteiger partial charge >= 0.3 is 0 Å². The highest BCUT2D eigenvalue weighted by atomic mass is 127. The van der Waals surface area contributed by atoms with E-state index in [-0.39, 0.29) is 29.9 Å². The number of aliphatic imine (C=N–C) groups is 1. The number of nitrogens with one attached hydrogen (secondary N) is 2. The topological polar surface area (TPSA) is 75.2 Å². The Labute approximate surface area is 203 Å². The molecule has 2 fully saturated rings. The Morgan fingerprint density at radius 1 is 1.29 bits per heavy atom. The van der Waals surface area contributed by atoms with Gasteiger partial charge in [0.1, 0.15) is 5.75 Å². The molecule has 1 atom stereocenters. The van der Waals surface area contributed by atoms with Crippen molar-refractivity contribution in [3.05, 3.63) is 29.3 Å². The van der Waals surface area contributed by atoms with Crippen LogP contribution in [0.5, 0.6) is 5.75 Å². The average Bonchev–Trinajstić information content (AvgIpc) is 3.45. The average molecular weight is 544 g/mol. The minimum absolute atomic E-state index is 0. The molecule has 31 heavy (non-hydrogen) atoms. The van der Waals surface area contributed by atoms with Crippen molar-refractivity contribution in [1.82, 2.24) is 15.5 Å². The largest absolute Gasteiger partial charge is 0.493 e. The zero-order valence-corrected chi connectivity index (χ0v) is 21.2. The summed E-state index contributed by atoms with van der Waals surface area (Å²) in [6.07, 6.45) is 3.80. The molecule has 0 spiro atoms. The lowest BCUT2D eigenvalue weighted by molar-refractivity contribution is -0.129. The van der Waals surface area contributed by atoms with Crippen molar-refractivity contribution in [1.29, 1.82) is 0 Å².